The standard InChI is InChI=1S/C28H58NO6PS/c1-6-7-8-9-10-11-12-13-14-15-16-17-18-19-20-21-24-37-26-28(35-27(2)30)25-34-36(31,32)33-23-22-29(3,4)5/h28H,6-26H2,1-5H3/p+1. The van der Waals surface area contributed by atoms with Crippen LogP contribution >= 0.6 is 19.6 Å². The van der Waals surface area contributed by atoms with Gasteiger partial charge in [-0.25, -0.2) is 4.57 Å². The lowest BCUT2D eigenvalue weighted by Crippen LogP contribution is -2.37. The fourth-order valence-corrected chi connectivity index (χ4v) is 5.71. The van der Waals surface area contributed by atoms with Crippen LogP contribution in [-0.2, 0) is 23.1 Å². The maximum atomic E-state index is 12.1. The van der Waals surface area contributed by atoms with Crippen LogP contribution in [0.3, 0.4) is 0 Å². The zero-order valence-corrected chi connectivity index (χ0v) is 26.4. The molecule has 1 N–H and O–H groups in total. The highest BCUT2D eigenvalue weighted by molar-refractivity contribution is 7.99. The van der Waals surface area contributed by atoms with E-state index in [1.54, 1.807) is 11.8 Å². The van der Waals surface area contributed by atoms with Crippen LogP contribution in [0.15, 0.2) is 0 Å². The minimum atomic E-state index is -4.16. The van der Waals surface area contributed by atoms with Crippen LogP contribution < -0.4 is 0 Å². The fourth-order valence-electron chi connectivity index (χ4n) is 3.96. The van der Waals surface area contributed by atoms with Gasteiger partial charge in [0.05, 0.1) is 27.7 Å². The Morgan fingerprint density at radius 3 is 1.70 bits per heavy atom. The van der Waals surface area contributed by atoms with Crippen LogP contribution in [0.2, 0.25) is 0 Å². The monoisotopic (exact) mass is 568 g/mol. The number of rotatable bonds is 27. The van der Waals surface area contributed by atoms with Gasteiger partial charge in [-0.1, -0.05) is 103 Å². The molecule has 0 bridgehead atoms. The number of carbonyl (C=O) groups excluding carboxylic acids is 1. The summed E-state index contributed by atoms with van der Waals surface area (Å²) in [6, 6.07) is 0. The fraction of sp³-hybridized carbons (Fsp3) is 0.964. The molecular weight excluding hydrogens is 509 g/mol. The van der Waals surface area contributed by atoms with E-state index in [-0.39, 0.29) is 13.2 Å². The van der Waals surface area contributed by atoms with E-state index in [0.717, 1.165) is 12.2 Å². The number of likely N-dealkylation sites (N-methyl/N-ethyl adjacent to an activating group) is 1. The molecule has 9 heteroatoms. The van der Waals surface area contributed by atoms with Crippen LogP contribution in [-0.4, -0.2) is 73.9 Å². The molecule has 222 valence electrons. The van der Waals surface area contributed by atoms with E-state index >= 15 is 0 Å². The summed E-state index contributed by atoms with van der Waals surface area (Å²) in [7, 11) is 1.75. The number of ether oxygens (including phenoxy) is 1. The molecule has 0 aliphatic heterocycles. The molecule has 0 fully saturated rings. The Labute approximate surface area is 233 Å². The number of nitrogens with zero attached hydrogens (tertiary/aromatic N) is 1. The van der Waals surface area contributed by atoms with E-state index in [9.17, 15) is 14.3 Å². The molecule has 0 heterocycles. The van der Waals surface area contributed by atoms with Crippen molar-refractivity contribution in [2.75, 3.05) is 52.4 Å². The Morgan fingerprint density at radius 1 is 0.811 bits per heavy atom. The molecule has 0 spiro atoms. The van der Waals surface area contributed by atoms with Crippen molar-refractivity contribution in [3.8, 4) is 0 Å². The van der Waals surface area contributed by atoms with E-state index in [1.807, 2.05) is 21.1 Å². The second-order valence-corrected chi connectivity index (χ2v) is 13.8. The summed E-state index contributed by atoms with van der Waals surface area (Å²) in [5, 5.41) is 0. The Balaban J connectivity index is 3.71. The number of esters is 1. The summed E-state index contributed by atoms with van der Waals surface area (Å²) in [4.78, 5) is 21.3. The predicted molar refractivity (Wildman–Crippen MR) is 157 cm³/mol. The van der Waals surface area contributed by atoms with Crippen molar-refractivity contribution in [1.29, 1.82) is 0 Å². The van der Waals surface area contributed by atoms with Gasteiger partial charge < -0.3 is 14.1 Å². The molecule has 0 aromatic heterocycles. The van der Waals surface area contributed by atoms with E-state index in [4.69, 9.17) is 13.8 Å². The highest BCUT2D eigenvalue weighted by atomic mass is 32.2. The Bertz CT molecular complexity index is 588. The summed E-state index contributed by atoms with van der Waals surface area (Å²) in [5.74, 6) is 1.10. The van der Waals surface area contributed by atoms with Crippen molar-refractivity contribution in [3.05, 3.63) is 0 Å². The summed E-state index contributed by atoms with van der Waals surface area (Å²) < 4.78 is 28.1. The third kappa shape index (κ3) is 28.7. The Hall–Kier alpha value is -0.110. The molecule has 0 aliphatic rings. The highest BCUT2D eigenvalue weighted by Crippen LogP contribution is 2.43. The smallest absolute Gasteiger partial charge is 0.459 e. The number of hydrogen-bond donors (Lipinski definition) is 1. The summed E-state index contributed by atoms with van der Waals surface area (Å²) >= 11 is 1.69. The normalized spacial score (nSPS) is 14.4. The molecule has 2 unspecified atom stereocenters. The number of phosphoric ester groups is 1. The Morgan fingerprint density at radius 2 is 1.27 bits per heavy atom. The number of thioether (sulfide) groups is 1. The van der Waals surface area contributed by atoms with Crippen LogP contribution in [0.1, 0.15) is 117 Å². The third-order valence-corrected chi connectivity index (χ3v) is 8.39. The molecule has 0 aromatic carbocycles. The van der Waals surface area contributed by atoms with Crippen LogP contribution in [0.4, 0.5) is 0 Å². The van der Waals surface area contributed by atoms with Gasteiger partial charge >= 0.3 is 13.8 Å². The maximum absolute atomic E-state index is 12.1. The quantitative estimate of drug-likeness (QED) is 0.0469. The third-order valence-electron chi connectivity index (χ3n) is 6.22. The van der Waals surface area contributed by atoms with E-state index < -0.39 is 19.9 Å². The van der Waals surface area contributed by atoms with Crippen molar-refractivity contribution in [2.45, 2.75) is 123 Å². The van der Waals surface area contributed by atoms with Gasteiger partial charge in [-0.05, 0) is 12.2 Å². The zero-order valence-electron chi connectivity index (χ0n) is 24.7. The highest BCUT2D eigenvalue weighted by Gasteiger charge is 2.25. The lowest BCUT2D eigenvalue weighted by atomic mass is 10.0. The molecule has 0 rings (SSSR count). The number of quaternary nitrogens is 1. The van der Waals surface area contributed by atoms with E-state index in [0.29, 0.717) is 16.8 Å². The second kappa shape index (κ2) is 23.7. The van der Waals surface area contributed by atoms with E-state index in [1.165, 1.54) is 103 Å². The summed E-state index contributed by atoms with van der Waals surface area (Å²) in [6.45, 7) is 4.16. The lowest BCUT2D eigenvalue weighted by molar-refractivity contribution is -0.870. The van der Waals surface area contributed by atoms with Crippen molar-refractivity contribution in [1.82, 2.24) is 0 Å². The largest absolute Gasteiger partial charge is 0.472 e. The first-order valence-corrected chi connectivity index (χ1v) is 17.4. The van der Waals surface area contributed by atoms with Crippen LogP contribution in [0.25, 0.3) is 0 Å². The molecular formula is C28H59NO6PS+. The van der Waals surface area contributed by atoms with Crippen molar-refractivity contribution in [3.63, 3.8) is 0 Å². The number of carbonyl (C=O) groups is 1. The van der Waals surface area contributed by atoms with Crippen molar-refractivity contribution in [2.24, 2.45) is 0 Å². The molecule has 0 amide bonds. The molecule has 7 nitrogen and oxygen atoms in total. The minimum absolute atomic E-state index is 0.115. The number of unbranched alkanes of at least 4 members (excludes halogenated alkanes) is 15. The van der Waals surface area contributed by atoms with E-state index in [2.05, 4.69) is 6.92 Å². The van der Waals surface area contributed by atoms with Gasteiger partial charge in [-0.15, -0.1) is 0 Å². The van der Waals surface area contributed by atoms with Crippen molar-refractivity contribution < 1.29 is 32.5 Å². The van der Waals surface area contributed by atoms with Gasteiger partial charge in [0.25, 0.3) is 0 Å². The SMILES string of the molecule is CCCCCCCCCCCCCCCCCCSCC(COP(=O)(O)OCC[N+](C)(C)C)OC(C)=O. The summed E-state index contributed by atoms with van der Waals surface area (Å²) in [6.07, 6.45) is 21.1. The molecule has 0 saturated heterocycles. The second-order valence-electron chi connectivity index (χ2n) is 11.2. The molecule has 0 saturated carbocycles. The first-order valence-electron chi connectivity index (χ1n) is 14.7. The van der Waals surface area contributed by atoms with Gasteiger partial charge in [-0.2, -0.15) is 11.8 Å². The first kappa shape index (κ1) is 36.9. The van der Waals surface area contributed by atoms with Crippen LogP contribution in [0.5, 0.6) is 0 Å². The first-order chi connectivity index (χ1) is 17.6. The average molecular weight is 569 g/mol. The lowest BCUT2D eigenvalue weighted by Gasteiger charge is -2.24. The van der Waals surface area contributed by atoms with Gasteiger partial charge in [0.1, 0.15) is 19.3 Å². The number of phosphoric acid groups is 1. The Kier molecular flexibility index (Phi) is 23.7. The van der Waals surface area contributed by atoms with Crippen molar-refractivity contribution >= 4 is 25.6 Å². The van der Waals surface area contributed by atoms with Gasteiger partial charge in [0.15, 0.2) is 0 Å². The minimum Gasteiger partial charge on any atom is -0.459 e. The van der Waals surface area contributed by atoms with Gasteiger partial charge in [0, 0.05) is 12.7 Å². The zero-order chi connectivity index (χ0) is 27.8. The molecule has 2 atom stereocenters. The maximum Gasteiger partial charge on any atom is 0.472 e. The van der Waals surface area contributed by atoms with Gasteiger partial charge in [-0.3, -0.25) is 13.8 Å². The van der Waals surface area contributed by atoms with Crippen LogP contribution in [0, 0.1) is 0 Å². The van der Waals surface area contributed by atoms with Gasteiger partial charge in [0.2, 0.25) is 0 Å². The average Bonchev–Trinajstić information content (AvgIpc) is 2.80. The molecule has 0 radical (unpaired) electrons. The predicted octanol–water partition coefficient (Wildman–Crippen LogP) is 7.75. The number of hydrogen-bond acceptors (Lipinski definition) is 6. The molecule has 0 aromatic rings. The topological polar surface area (TPSA) is 82.1 Å². The summed E-state index contributed by atoms with van der Waals surface area (Å²) in [5.41, 5.74) is 0. The molecule has 37 heavy (non-hydrogen) atoms. The molecule has 0 aliphatic carbocycles.